The molecule has 1 aromatic carbocycles. The van der Waals surface area contributed by atoms with E-state index >= 15 is 0 Å². The number of nitrogens with zero attached hydrogens (tertiary/aromatic N) is 2. The van der Waals surface area contributed by atoms with Crippen LogP contribution in [0.3, 0.4) is 0 Å². The van der Waals surface area contributed by atoms with Crippen LogP contribution in [0.4, 0.5) is 4.79 Å². The lowest BCUT2D eigenvalue weighted by Crippen LogP contribution is -2.05. The van der Waals surface area contributed by atoms with Crippen LogP contribution in [0, 0.1) is 13.8 Å². The van der Waals surface area contributed by atoms with Crippen molar-refractivity contribution >= 4 is 40.7 Å². The zero-order valence-corrected chi connectivity index (χ0v) is 15.0. The molecule has 0 atom stereocenters. The molecule has 3 aromatic rings. The Balaban J connectivity index is 2.25. The van der Waals surface area contributed by atoms with Gasteiger partial charge in [0.25, 0.3) is 0 Å². The number of rotatable bonds is 3. The molecule has 0 fully saturated rings. The van der Waals surface area contributed by atoms with E-state index in [0.717, 1.165) is 16.1 Å². The summed E-state index contributed by atoms with van der Waals surface area (Å²) in [6, 6.07) is 7.03. The summed E-state index contributed by atoms with van der Waals surface area (Å²) in [5.41, 5.74) is 3.04. The monoisotopic (exact) mass is 382 g/mol. The third-order valence-corrected chi connectivity index (χ3v) is 4.96. The van der Waals surface area contributed by atoms with Crippen LogP contribution in [0.2, 0.25) is 10.0 Å². The number of benzene rings is 1. The first-order valence-corrected chi connectivity index (χ1v) is 8.51. The number of hydrogen-bond acceptors (Lipinski definition) is 4. The zero-order valence-electron chi connectivity index (χ0n) is 12.7. The van der Waals surface area contributed by atoms with Gasteiger partial charge in [0.1, 0.15) is 0 Å². The fourth-order valence-electron chi connectivity index (χ4n) is 2.33. The van der Waals surface area contributed by atoms with Crippen molar-refractivity contribution in [1.82, 2.24) is 9.78 Å². The first kappa shape index (κ1) is 16.8. The maximum absolute atomic E-state index is 10.9. The molecular weight excluding hydrogens is 371 g/mol. The lowest BCUT2D eigenvalue weighted by molar-refractivity contribution is 0.142. The lowest BCUT2D eigenvalue weighted by Gasteiger charge is -2.09. The molecule has 2 heterocycles. The minimum Gasteiger partial charge on any atom is -0.449 e. The molecule has 124 valence electrons. The van der Waals surface area contributed by atoms with Crippen molar-refractivity contribution in [3.05, 3.63) is 50.8 Å². The molecule has 0 aliphatic rings. The summed E-state index contributed by atoms with van der Waals surface area (Å²) in [4.78, 5) is 11.9. The van der Waals surface area contributed by atoms with Crippen molar-refractivity contribution in [2.75, 3.05) is 0 Å². The number of carboxylic acid groups (broad SMARTS) is 1. The van der Waals surface area contributed by atoms with Crippen LogP contribution >= 0.6 is 34.5 Å². The largest absolute Gasteiger partial charge is 0.512 e. The summed E-state index contributed by atoms with van der Waals surface area (Å²) in [5, 5.41) is 16.1. The van der Waals surface area contributed by atoms with E-state index in [9.17, 15) is 4.79 Å². The zero-order chi connectivity index (χ0) is 17.4. The predicted octanol–water partition coefficient (Wildman–Crippen LogP) is 5.58. The fourth-order valence-corrected chi connectivity index (χ4v) is 3.80. The van der Waals surface area contributed by atoms with Crippen molar-refractivity contribution in [3.63, 3.8) is 0 Å². The van der Waals surface area contributed by atoms with E-state index in [4.69, 9.17) is 33.0 Å². The highest BCUT2D eigenvalue weighted by Crippen LogP contribution is 2.37. The van der Waals surface area contributed by atoms with Gasteiger partial charge in [-0.3, -0.25) is 0 Å². The highest BCUT2D eigenvalue weighted by atomic mass is 35.5. The number of thiophene rings is 1. The Morgan fingerprint density at radius 3 is 2.62 bits per heavy atom. The molecule has 0 aliphatic carbocycles. The normalized spacial score (nSPS) is 10.8. The molecule has 0 radical (unpaired) electrons. The van der Waals surface area contributed by atoms with Gasteiger partial charge in [-0.25, -0.2) is 9.48 Å². The van der Waals surface area contributed by atoms with Crippen molar-refractivity contribution in [2.45, 2.75) is 13.8 Å². The van der Waals surface area contributed by atoms with Gasteiger partial charge in [-0.1, -0.05) is 23.2 Å². The average molecular weight is 383 g/mol. The Kier molecular flexibility index (Phi) is 4.54. The highest BCUT2D eigenvalue weighted by Gasteiger charge is 2.22. The van der Waals surface area contributed by atoms with Crippen LogP contribution in [0.5, 0.6) is 5.88 Å². The third-order valence-electron chi connectivity index (χ3n) is 3.36. The van der Waals surface area contributed by atoms with Crippen LogP contribution in [0.1, 0.15) is 11.1 Å². The van der Waals surface area contributed by atoms with Crippen molar-refractivity contribution < 1.29 is 14.6 Å². The molecular formula is C16H12Cl2N2O3S. The van der Waals surface area contributed by atoms with Crippen molar-refractivity contribution in [3.8, 4) is 22.1 Å². The summed E-state index contributed by atoms with van der Waals surface area (Å²) in [5.74, 6) is 0.0227. The van der Waals surface area contributed by atoms with Crippen LogP contribution in [-0.4, -0.2) is 21.0 Å². The van der Waals surface area contributed by atoms with E-state index in [-0.39, 0.29) is 5.88 Å². The summed E-state index contributed by atoms with van der Waals surface area (Å²) in [6.07, 6.45) is -1.42. The second kappa shape index (κ2) is 6.47. The molecule has 5 nitrogen and oxygen atoms in total. The van der Waals surface area contributed by atoms with Gasteiger partial charge < -0.3 is 9.84 Å². The number of aryl methyl sites for hydroxylation is 1. The van der Waals surface area contributed by atoms with Crippen LogP contribution in [-0.2, 0) is 0 Å². The summed E-state index contributed by atoms with van der Waals surface area (Å²) >= 11 is 13.8. The van der Waals surface area contributed by atoms with Crippen molar-refractivity contribution in [2.24, 2.45) is 0 Å². The number of halogens is 2. The minimum absolute atomic E-state index is 0.0227. The molecule has 0 aliphatic heterocycles. The molecule has 0 unspecified atom stereocenters. The Bertz CT molecular complexity index is 934. The Morgan fingerprint density at radius 2 is 2.04 bits per heavy atom. The van der Waals surface area contributed by atoms with Crippen LogP contribution in [0.25, 0.3) is 16.3 Å². The summed E-state index contributed by atoms with van der Waals surface area (Å²) < 4.78 is 6.38. The molecule has 1 N–H and O–H groups in total. The number of carbonyl (C=O) groups is 1. The van der Waals surface area contributed by atoms with E-state index < -0.39 is 6.16 Å². The average Bonchev–Trinajstić information content (AvgIpc) is 3.03. The van der Waals surface area contributed by atoms with Gasteiger partial charge >= 0.3 is 6.16 Å². The highest BCUT2D eigenvalue weighted by molar-refractivity contribution is 7.13. The lowest BCUT2D eigenvalue weighted by atomic mass is 10.2. The standard InChI is InChI=1S/C16H12Cl2N2O3S/c1-8-5-13(24-7-8)14-9(2)15(23-16(21)22)19-20(14)12-4-3-10(17)6-11(12)18/h3-7H,1-2H3,(H,21,22). The first-order valence-electron chi connectivity index (χ1n) is 6.88. The molecule has 0 saturated carbocycles. The van der Waals surface area contributed by atoms with Gasteiger partial charge in [0.2, 0.25) is 5.88 Å². The minimum atomic E-state index is -1.42. The number of hydrogen-bond donors (Lipinski definition) is 1. The van der Waals surface area contributed by atoms with Gasteiger partial charge in [0.15, 0.2) is 0 Å². The molecule has 0 saturated heterocycles. The maximum Gasteiger partial charge on any atom is 0.512 e. The van der Waals surface area contributed by atoms with Gasteiger partial charge in [-0.15, -0.1) is 16.4 Å². The summed E-state index contributed by atoms with van der Waals surface area (Å²) in [6.45, 7) is 3.75. The van der Waals surface area contributed by atoms with Gasteiger partial charge in [-0.2, -0.15) is 0 Å². The van der Waals surface area contributed by atoms with E-state index in [1.807, 2.05) is 18.4 Å². The fraction of sp³-hybridized carbons (Fsp3) is 0.125. The molecule has 24 heavy (non-hydrogen) atoms. The second-order valence-corrected chi connectivity index (χ2v) is 6.90. The molecule has 3 rings (SSSR count). The van der Waals surface area contributed by atoms with E-state index in [1.165, 1.54) is 11.3 Å². The van der Waals surface area contributed by atoms with Gasteiger partial charge in [-0.05, 0) is 49.1 Å². The SMILES string of the molecule is Cc1csc(-c2c(C)c(OC(=O)O)nn2-c2ccc(Cl)cc2Cl)c1. The summed E-state index contributed by atoms with van der Waals surface area (Å²) in [7, 11) is 0. The molecule has 0 bridgehead atoms. The topological polar surface area (TPSA) is 64.3 Å². The quantitative estimate of drug-likeness (QED) is 0.600. The Hall–Kier alpha value is -2.02. The van der Waals surface area contributed by atoms with Gasteiger partial charge in [0.05, 0.1) is 21.3 Å². The van der Waals surface area contributed by atoms with E-state index in [1.54, 1.807) is 29.8 Å². The Labute approximate surface area is 152 Å². The Morgan fingerprint density at radius 1 is 1.29 bits per heavy atom. The van der Waals surface area contributed by atoms with Crippen molar-refractivity contribution in [1.29, 1.82) is 0 Å². The second-order valence-electron chi connectivity index (χ2n) is 5.14. The van der Waals surface area contributed by atoms with Crippen LogP contribution < -0.4 is 4.74 Å². The smallest absolute Gasteiger partial charge is 0.449 e. The van der Waals surface area contributed by atoms with E-state index in [2.05, 4.69) is 5.10 Å². The number of aromatic nitrogens is 2. The van der Waals surface area contributed by atoms with Gasteiger partial charge in [0, 0.05) is 10.6 Å². The molecule has 0 spiro atoms. The third kappa shape index (κ3) is 3.13. The number of ether oxygens (including phenoxy) is 1. The molecule has 2 aromatic heterocycles. The molecule has 0 amide bonds. The van der Waals surface area contributed by atoms with Crippen LogP contribution in [0.15, 0.2) is 29.6 Å². The van der Waals surface area contributed by atoms with E-state index in [0.29, 0.717) is 21.3 Å². The maximum atomic E-state index is 10.9. The predicted molar refractivity (Wildman–Crippen MR) is 95.0 cm³/mol. The molecule has 8 heteroatoms. The first-order chi connectivity index (χ1) is 11.4.